The molecule has 0 aromatic heterocycles. The molecule has 0 bridgehead atoms. The van der Waals surface area contributed by atoms with Crippen molar-refractivity contribution in [3.63, 3.8) is 0 Å². The van der Waals surface area contributed by atoms with Gasteiger partial charge in [-0.2, -0.15) is 0 Å². The molecule has 2 aliphatic rings. The number of piperazine rings is 1. The van der Waals surface area contributed by atoms with Crippen LogP contribution in [0.1, 0.15) is 36.8 Å². The van der Waals surface area contributed by atoms with Crippen LogP contribution in [-0.4, -0.2) is 73.8 Å². The Hall–Kier alpha value is -2.18. The number of amides is 1. The first-order valence-electron chi connectivity index (χ1n) is 12.7. The summed E-state index contributed by atoms with van der Waals surface area (Å²) in [6.07, 6.45) is 5.80. The van der Waals surface area contributed by atoms with Gasteiger partial charge in [-0.25, -0.2) is 0 Å². The summed E-state index contributed by atoms with van der Waals surface area (Å²) in [4.78, 5) is 21.2. The van der Waals surface area contributed by atoms with Crippen LogP contribution in [0, 0.1) is 13.8 Å². The maximum Gasteiger partial charge on any atom is 0.222 e. The number of benzene rings is 2. The standard InChI is InChI=1S/C28H40N4OS/c1-22-6-9-26(10-7-22)31-19-17-30(18-20-31)14-4-5-28(33)32-15-12-24(13-16-32)29-25-8-11-27(34-3)23(2)21-25/h6-11,21,24,29H,4-5,12-20H2,1-3H3. The molecular formula is C28H40N4OS. The number of thioether (sulfide) groups is 1. The summed E-state index contributed by atoms with van der Waals surface area (Å²) in [6, 6.07) is 15.9. The molecule has 2 heterocycles. The summed E-state index contributed by atoms with van der Waals surface area (Å²) < 4.78 is 0. The predicted octanol–water partition coefficient (Wildman–Crippen LogP) is 5.03. The second kappa shape index (κ2) is 12.0. The van der Waals surface area contributed by atoms with Gasteiger partial charge in [0, 0.05) is 68.0 Å². The average molecular weight is 481 g/mol. The van der Waals surface area contributed by atoms with Gasteiger partial charge in [0.05, 0.1) is 0 Å². The molecule has 34 heavy (non-hydrogen) atoms. The van der Waals surface area contributed by atoms with Crippen LogP contribution in [-0.2, 0) is 4.79 Å². The van der Waals surface area contributed by atoms with Gasteiger partial charge in [-0.05, 0) is 81.8 Å². The Labute approximate surface area is 209 Å². The van der Waals surface area contributed by atoms with Crippen LogP contribution in [0.5, 0.6) is 0 Å². The summed E-state index contributed by atoms with van der Waals surface area (Å²) >= 11 is 1.79. The molecule has 184 valence electrons. The van der Waals surface area contributed by atoms with E-state index in [4.69, 9.17) is 0 Å². The Morgan fingerprint density at radius 1 is 0.971 bits per heavy atom. The number of carbonyl (C=O) groups excluding carboxylic acids is 1. The van der Waals surface area contributed by atoms with E-state index in [0.29, 0.717) is 18.4 Å². The van der Waals surface area contributed by atoms with Crippen molar-refractivity contribution in [1.82, 2.24) is 9.80 Å². The van der Waals surface area contributed by atoms with Crippen LogP contribution < -0.4 is 10.2 Å². The van der Waals surface area contributed by atoms with Gasteiger partial charge in [-0.1, -0.05) is 17.7 Å². The zero-order valence-electron chi connectivity index (χ0n) is 21.1. The van der Waals surface area contributed by atoms with Gasteiger partial charge >= 0.3 is 0 Å². The molecule has 0 atom stereocenters. The van der Waals surface area contributed by atoms with Crippen molar-refractivity contribution in [2.45, 2.75) is 50.5 Å². The van der Waals surface area contributed by atoms with Crippen LogP contribution in [0.25, 0.3) is 0 Å². The number of aryl methyl sites for hydroxylation is 2. The fraction of sp³-hybridized carbons (Fsp3) is 0.536. The van der Waals surface area contributed by atoms with Gasteiger partial charge in [0.1, 0.15) is 0 Å². The zero-order valence-corrected chi connectivity index (χ0v) is 21.9. The molecule has 2 aromatic rings. The first-order valence-corrected chi connectivity index (χ1v) is 14.0. The van der Waals surface area contributed by atoms with E-state index >= 15 is 0 Å². The molecule has 2 aliphatic heterocycles. The van der Waals surface area contributed by atoms with Crippen molar-refractivity contribution in [2.75, 3.05) is 62.3 Å². The van der Waals surface area contributed by atoms with Gasteiger partial charge in [-0.3, -0.25) is 9.69 Å². The minimum atomic E-state index is 0.330. The second-order valence-electron chi connectivity index (χ2n) is 9.75. The number of likely N-dealkylation sites (tertiary alicyclic amines) is 1. The third-order valence-electron chi connectivity index (χ3n) is 7.25. The largest absolute Gasteiger partial charge is 0.382 e. The molecule has 5 nitrogen and oxygen atoms in total. The van der Waals surface area contributed by atoms with Crippen LogP contribution >= 0.6 is 11.8 Å². The lowest BCUT2D eigenvalue weighted by molar-refractivity contribution is -0.132. The highest BCUT2D eigenvalue weighted by molar-refractivity contribution is 7.98. The smallest absolute Gasteiger partial charge is 0.222 e. The number of rotatable bonds is 8. The quantitative estimate of drug-likeness (QED) is 0.537. The Balaban J connectivity index is 1.12. The van der Waals surface area contributed by atoms with Crippen molar-refractivity contribution >= 4 is 29.0 Å². The van der Waals surface area contributed by atoms with Crippen molar-refractivity contribution in [2.24, 2.45) is 0 Å². The number of hydrogen-bond acceptors (Lipinski definition) is 5. The summed E-state index contributed by atoms with van der Waals surface area (Å²) in [5, 5.41) is 3.68. The van der Waals surface area contributed by atoms with Crippen molar-refractivity contribution in [3.8, 4) is 0 Å². The lowest BCUT2D eigenvalue weighted by atomic mass is 10.0. The Kier molecular flexibility index (Phi) is 8.79. The highest BCUT2D eigenvalue weighted by Crippen LogP contribution is 2.25. The fourth-order valence-electron chi connectivity index (χ4n) is 5.07. The summed E-state index contributed by atoms with van der Waals surface area (Å²) in [5.74, 6) is 0.330. The van der Waals surface area contributed by atoms with E-state index < -0.39 is 0 Å². The van der Waals surface area contributed by atoms with Gasteiger partial charge in [-0.15, -0.1) is 11.8 Å². The topological polar surface area (TPSA) is 38.8 Å². The Morgan fingerprint density at radius 2 is 1.68 bits per heavy atom. The molecule has 2 saturated heterocycles. The maximum atomic E-state index is 12.8. The van der Waals surface area contributed by atoms with E-state index in [0.717, 1.165) is 65.1 Å². The number of anilines is 2. The highest BCUT2D eigenvalue weighted by Gasteiger charge is 2.23. The van der Waals surface area contributed by atoms with E-state index in [1.54, 1.807) is 11.8 Å². The first kappa shape index (κ1) is 24.9. The molecule has 0 aliphatic carbocycles. The molecule has 0 saturated carbocycles. The van der Waals surface area contributed by atoms with E-state index in [1.165, 1.54) is 27.4 Å². The molecule has 1 N–H and O–H groups in total. The summed E-state index contributed by atoms with van der Waals surface area (Å²) in [5.41, 5.74) is 5.15. The van der Waals surface area contributed by atoms with Gasteiger partial charge in [0.25, 0.3) is 0 Å². The third-order valence-corrected chi connectivity index (χ3v) is 8.15. The average Bonchev–Trinajstić information content (AvgIpc) is 2.85. The second-order valence-corrected chi connectivity index (χ2v) is 10.6. The number of nitrogens with one attached hydrogen (secondary N) is 1. The van der Waals surface area contributed by atoms with Crippen LogP contribution in [0.2, 0.25) is 0 Å². The minimum absolute atomic E-state index is 0.330. The van der Waals surface area contributed by atoms with E-state index in [9.17, 15) is 4.79 Å². The highest BCUT2D eigenvalue weighted by atomic mass is 32.2. The number of nitrogens with zero attached hydrogens (tertiary/aromatic N) is 3. The van der Waals surface area contributed by atoms with Crippen LogP contribution in [0.3, 0.4) is 0 Å². The molecule has 0 radical (unpaired) electrons. The lowest BCUT2D eigenvalue weighted by Crippen LogP contribution is -2.47. The van der Waals surface area contributed by atoms with Crippen molar-refractivity contribution < 1.29 is 4.79 Å². The summed E-state index contributed by atoms with van der Waals surface area (Å²) in [6.45, 7) is 11.4. The fourth-order valence-corrected chi connectivity index (χ4v) is 5.66. The van der Waals surface area contributed by atoms with Crippen LogP contribution in [0.15, 0.2) is 47.4 Å². The van der Waals surface area contributed by atoms with Gasteiger partial charge in [0.2, 0.25) is 5.91 Å². The van der Waals surface area contributed by atoms with E-state index in [1.807, 2.05) is 0 Å². The molecule has 2 aromatic carbocycles. The molecule has 0 unspecified atom stereocenters. The van der Waals surface area contributed by atoms with Gasteiger partial charge < -0.3 is 15.1 Å². The van der Waals surface area contributed by atoms with Gasteiger partial charge in [0.15, 0.2) is 0 Å². The number of hydrogen-bond donors (Lipinski definition) is 1. The molecule has 2 fully saturated rings. The van der Waals surface area contributed by atoms with Crippen molar-refractivity contribution in [1.29, 1.82) is 0 Å². The monoisotopic (exact) mass is 480 g/mol. The third kappa shape index (κ3) is 6.70. The zero-order chi connectivity index (χ0) is 23.9. The van der Waals surface area contributed by atoms with E-state index in [-0.39, 0.29) is 0 Å². The SMILES string of the molecule is CSc1ccc(NC2CCN(C(=O)CCCN3CCN(c4ccc(C)cc4)CC3)CC2)cc1C. The normalized spacial score (nSPS) is 17.7. The molecule has 4 rings (SSSR count). The maximum absolute atomic E-state index is 12.8. The van der Waals surface area contributed by atoms with Crippen LogP contribution in [0.4, 0.5) is 11.4 Å². The molecule has 0 spiro atoms. The molecule has 1 amide bonds. The Bertz CT molecular complexity index is 932. The molecular weight excluding hydrogens is 440 g/mol. The lowest BCUT2D eigenvalue weighted by Gasteiger charge is -2.36. The van der Waals surface area contributed by atoms with E-state index in [2.05, 4.69) is 82.6 Å². The van der Waals surface area contributed by atoms with Crippen molar-refractivity contribution in [3.05, 3.63) is 53.6 Å². The minimum Gasteiger partial charge on any atom is -0.382 e. The molecule has 6 heteroatoms. The first-order chi connectivity index (χ1) is 16.5. The summed E-state index contributed by atoms with van der Waals surface area (Å²) in [7, 11) is 0. The Morgan fingerprint density at radius 3 is 2.32 bits per heavy atom. The number of piperidine rings is 1. The predicted molar refractivity (Wildman–Crippen MR) is 145 cm³/mol. The number of carbonyl (C=O) groups is 1.